The highest BCUT2D eigenvalue weighted by atomic mass is 79.9. The molecule has 0 saturated heterocycles. The van der Waals surface area contributed by atoms with E-state index in [0.717, 1.165) is 5.76 Å². The third-order valence-corrected chi connectivity index (χ3v) is 3.30. The number of ketones is 1. The molecule has 0 atom stereocenters. The molecule has 1 aromatic carbocycles. The Bertz CT molecular complexity index is 845. The van der Waals surface area contributed by atoms with E-state index < -0.39 is 4.92 Å². The number of halogens is 1. The van der Waals surface area contributed by atoms with Crippen molar-refractivity contribution in [2.75, 3.05) is 5.43 Å². The smallest absolute Gasteiger partial charge is 0.289 e. The zero-order chi connectivity index (χ0) is 16.9. The first-order chi connectivity index (χ1) is 11.6. The second-order valence-electron chi connectivity index (χ2n) is 4.99. The lowest BCUT2D eigenvalue weighted by Crippen LogP contribution is -3.00. The van der Waals surface area contributed by atoms with Gasteiger partial charge in [-0.2, -0.15) is 0 Å². The molecular formula is C15H14BrN5O4. The van der Waals surface area contributed by atoms with Gasteiger partial charge in [0.25, 0.3) is 12.0 Å². The monoisotopic (exact) mass is 407 g/mol. The van der Waals surface area contributed by atoms with Crippen LogP contribution in [0, 0.1) is 10.1 Å². The molecule has 2 heterocycles. The summed E-state index contributed by atoms with van der Waals surface area (Å²) in [7, 11) is 0. The van der Waals surface area contributed by atoms with Crippen molar-refractivity contribution in [3.63, 3.8) is 0 Å². The van der Waals surface area contributed by atoms with Gasteiger partial charge in [0.05, 0.1) is 11.2 Å². The van der Waals surface area contributed by atoms with Crippen LogP contribution < -0.4 is 27.1 Å². The van der Waals surface area contributed by atoms with Crippen molar-refractivity contribution in [2.45, 2.75) is 13.1 Å². The van der Waals surface area contributed by atoms with Crippen LogP contribution in [0.15, 0.2) is 59.7 Å². The average molecular weight is 408 g/mol. The summed E-state index contributed by atoms with van der Waals surface area (Å²) in [5, 5.41) is 14.7. The van der Waals surface area contributed by atoms with Crippen molar-refractivity contribution >= 4 is 11.5 Å². The van der Waals surface area contributed by atoms with Gasteiger partial charge in [-0.15, -0.1) is 9.36 Å². The first kappa shape index (κ1) is 18.3. The van der Waals surface area contributed by atoms with Crippen molar-refractivity contribution in [2.24, 2.45) is 0 Å². The molecule has 25 heavy (non-hydrogen) atoms. The summed E-state index contributed by atoms with van der Waals surface area (Å²) in [6.45, 7) is 0.521. The lowest BCUT2D eigenvalue weighted by molar-refractivity contribution is -0.739. The number of aromatic nitrogens is 3. The number of benzene rings is 1. The number of hydrogen-bond donors (Lipinski definition) is 1. The summed E-state index contributed by atoms with van der Waals surface area (Å²) in [5.41, 5.74) is 3.40. The lowest BCUT2D eigenvalue weighted by atomic mass is 10.1. The van der Waals surface area contributed by atoms with E-state index in [1.807, 2.05) is 6.07 Å². The summed E-state index contributed by atoms with van der Waals surface area (Å²) in [6, 6.07) is 9.13. The molecule has 0 aliphatic carbocycles. The van der Waals surface area contributed by atoms with Gasteiger partial charge in [0.15, 0.2) is 6.54 Å². The highest BCUT2D eigenvalue weighted by Crippen LogP contribution is 2.12. The quantitative estimate of drug-likeness (QED) is 0.216. The average Bonchev–Trinajstić information content (AvgIpc) is 3.24. The fourth-order valence-electron chi connectivity index (χ4n) is 2.08. The van der Waals surface area contributed by atoms with Crippen molar-refractivity contribution in [3.05, 3.63) is 76.8 Å². The molecule has 3 aromatic rings. The third-order valence-electron chi connectivity index (χ3n) is 3.30. The Morgan fingerprint density at radius 2 is 2.08 bits per heavy atom. The van der Waals surface area contributed by atoms with Crippen LogP contribution >= 0.6 is 0 Å². The van der Waals surface area contributed by atoms with Crippen LogP contribution in [0.3, 0.4) is 0 Å². The topological polar surface area (TPSA) is 107 Å². The molecule has 0 aliphatic heterocycles. The van der Waals surface area contributed by atoms with Crippen molar-refractivity contribution in [3.8, 4) is 0 Å². The number of hydrogen-bond acceptors (Lipinski definition) is 6. The van der Waals surface area contributed by atoms with Crippen molar-refractivity contribution in [1.29, 1.82) is 0 Å². The fraction of sp³-hybridized carbons (Fsp3) is 0.133. The largest absolute Gasteiger partial charge is 1.00 e. The molecule has 0 bridgehead atoms. The molecule has 3 rings (SSSR count). The van der Waals surface area contributed by atoms with E-state index in [9.17, 15) is 14.9 Å². The number of furan rings is 1. The highest BCUT2D eigenvalue weighted by Gasteiger charge is 2.14. The van der Waals surface area contributed by atoms with Gasteiger partial charge in [0.1, 0.15) is 12.3 Å². The van der Waals surface area contributed by atoms with Crippen molar-refractivity contribution < 1.29 is 35.8 Å². The summed E-state index contributed by atoms with van der Waals surface area (Å²) in [6.07, 6.45) is 4.76. The Kier molecular flexibility index (Phi) is 6.01. The van der Waals surface area contributed by atoms with Crippen LogP contribution in [-0.2, 0) is 13.1 Å². The molecule has 1 N–H and O–H groups in total. The van der Waals surface area contributed by atoms with E-state index in [0.29, 0.717) is 12.1 Å². The molecule has 130 valence electrons. The maximum absolute atomic E-state index is 12.2. The number of nitrogens with zero attached hydrogens (tertiary/aromatic N) is 4. The maximum atomic E-state index is 12.2. The van der Waals surface area contributed by atoms with Gasteiger partial charge < -0.3 is 21.4 Å². The number of non-ortho nitro benzene ring substituents is 1. The van der Waals surface area contributed by atoms with E-state index in [4.69, 9.17) is 4.42 Å². The number of rotatable bonds is 7. The summed E-state index contributed by atoms with van der Waals surface area (Å²) < 4.78 is 8.29. The number of nitro groups is 1. The van der Waals surface area contributed by atoms with Gasteiger partial charge >= 0.3 is 0 Å². The Hall–Kier alpha value is -3.01. The number of nitro benzene ring substituents is 1. The first-order valence-corrected chi connectivity index (χ1v) is 7.09. The minimum absolute atomic E-state index is 0. The second-order valence-corrected chi connectivity index (χ2v) is 4.99. The van der Waals surface area contributed by atoms with Crippen LogP contribution in [0.2, 0.25) is 0 Å². The molecule has 0 saturated carbocycles. The highest BCUT2D eigenvalue weighted by molar-refractivity contribution is 5.95. The van der Waals surface area contributed by atoms with Gasteiger partial charge in [-0.1, -0.05) is 0 Å². The van der Waals surface area contributed by atoms with E-state index in [-0.39, 0.29) is 35.0 Å². The Morgan fingerprint density at radius 3 is 2.72 bits per heavy atom. The predicted molar refractivity (Wildman–Crippen MR) is 81.6 cm³/mol. The normalized spacial score (nSPS) is 10.1. The fourth-order valence-corrected chi connectivity index (χ4v) is 2.08. The molecule has 10 heteroatoms. The number of carbonyl (C=O) groups is 1. The Balaban J connectivity index is 0.00000225. The molecular weight excluding hydrogens is 394 g/mol. The Labute approximate surface area is 152 Å². The predicted octanol–water partition coefficient (Wildman–Crippen LogP) is -1.70. The van der Waals surface area contributed by atoms with Gasteiger partial charge in [0.2, 0.25) is 12.1 Å². The zero-order valence-electron chi connectivity index (χ0n) is 12.9. The van der Waals surface area contributed by atoms with E-state index in [1.165, 1.54) is 35.3 Å². The van der Waals surface area contributed by atoms with Crippen LogP contribution in [-0.4, -0.2) is 20.5 Å². The second kappa shape index (κ2) is 8.20. The molecule has 2 aromatic heterocycles. The third kappa shape index (κ3) is 4.73. The minimum atomic E-state index is -0.505. The molecule has 0 aliphatic rings. The van der Waals surface area contributed by atoms with Crippen LogP contribution in [0.25, 0.3) is 0 Å². The minimum Gasteiger partial charge on any atom is -1.00 e. The molecule has 0 spiro atoms. The zero-order valence-corrected chi connectivity index (χ0v) is 14.5. The van der Waals surface area contributed by atoms with Gasteiger partial charge in [-0.3, -0.25) is 14.9 Å². The summed E-state index contributed by atoms with van der Waals surface area (Å²) in [5.74, 6) is 0.586. The number of nitrogens with one attached hydrogen (secondary N) is 1. The first-order valence-electron chi connectivity index (χ1n) is 7.09. The van der Waals surface area contributed by atoms with Gasteiger partial charge in [-0.25, -0.2) is 5.43 Å². The standard InChI is InChI=1S/C15H14N5O4.BrH/c21-15(12-3-5-13(6-4-12)20(22)23)9-18-11-19(10-17-18)16-8-14-2-1-7-24-14;/h1-7,10-11,16H,8-9H2;1H/q+1;/p-1. The SMILES string of the molecule is O=C(C[n+]1cn(NCc2ccco2)cn1)c1ccc([N+](=O)[O-])cc1.[Br-]. The molecule has 0 radical (unpaired) electrons. The van der Waals surface area contributed by atoms with E-state index in [2.05, 4.69) is 10.5 Å². The molecule has 0 unspecified atom stereocenters. The molecule has 9 nitrogen and oxygen atoms in total. The molecule has 0 amide bonds. The molecule has 0 fully saturated rings. The van der Waals surface area contributed by atoms with Gasteiger partial charge in [0, 0.05) is 17.7 Å². The maximum Gasteiger partial charge on any atom is 0.289 e. The number of Topliss-reactive ketones (excluding diaryl/α,β-unsaturated/α-hetero) is 1. The van der Waals surface area contributed by atoms with Gasteiger partial charge in [-0.05, 0) is 29.4 Å². The van der Waals surface area contributed by atoms with E-state index >= 15 is 0 Å². The summed E-state index contributed by atoms with van der Waals surface area (Å²) in [4.78, 5) is 22.3. The van der Waals surface area contributed by atoms with Crippen molar-refractivity contribution in [1.82, 2.24) is 9.77 Å². The number of carbonyl (C=O) groups excluding carboxylic acids is 1. The van der Waals surface area contributed by atoms with Crippen LogP contribution in [0.5, 0.6) is 0 Å². The summed E-state index contributed by atoms with van der Waals surface area (Å²) >= 11 is 0. The van der Waals surface area contributed by atoms with E-state index in [1.54, 1.807) is 23.3 Å². The van der Waals surface area contributed by atoms with Crippen LogP contribution in [0.4, 0.5) is 5.69 Å². The lowest BCUT2D eigenvalue weighted by Gasteiger charge is -1.98. The van der Waals surface area contributed by atoms with Crippen LogP contribution in [0.1, 0.15) is 16.1 Å². The Morgan fingerprint density at radius 1 is 1.32 bits per heavy atom.